The van der Waals surface area contributed by atoms with Crippen molar-refractivity contribution in [2.75, 3.05) is 6.61 Å². The van der Waals surface area contributed by atoms with Crippen molar-refractivity contribution in [3.05, 3.63) is 136 Å². The van der Waals surface area contributed by atoms with E-state index in [0.717, 1.165) is 16.3 Å². The van der Waals surface area contributed by atoms with Crippen LogP contribution in [0.5, 0.6) is 17.2 Å². The van der Waals surface area contributed by atoms with E-state index >= 15 is 0 Å². The standard InChI is InChI=1S/C34H27ClN2O5/c1-2-40-28-18-11-26(12-19-28)34(39)42-32-20-13-24-5-3-4-6-30(24)31(32)21-36-37-33(38)25-9-16-29(17-10-25)41-22-23-7-14-27(35)15-8-23/h3-21H,2,22H2,1H3,(H,37,38)/b36-21+. The predicted molar refractivity (Wildman–Crippen MR) is 164 cm³/mol. The lowest BCUT2D eigenvalue weighted by Crippen LogP contribution is -2.17. The maximum Gasteiger partial charge on any atom is 0.343 e. The maximum atomic E-state index is 12.9. The Bertz CT molecular complexity index is 1720. The molecule has 0 saturated carbocycles. The summed E-state index contributed by atoms with van der Waals surface area (Å²) < 4.78 is 17.0. The molecule has 1 amide bonds. The Balaban J connectivity index is 1.27. The van der Waals surface area contributed by atoms with E-state index in [1.54, 1.807) is 66.7 Å². The molecular weight excluding hydrogens is 552 g/mol. The van der Waals surface area contributed by atoms with Crippen LogP contribution in [0.15, 0.2) is 114 Å². The summed E-state index contributed by atoms with van der Waals surface area (Å²) in [7, 11) is 0. The lowest BCUT2D eigenvalue weighted by atomic mass is 10.0. The SMILES string of the molecule is CCOc1ccc(C(=O)Oc2ccc3ccccc3c2/C=N/NC(=O)c2ccc(OCc3ccc(Cl)cc3)cc2)cc1. The first-order valence-electron chi connectivity index (χ1n) is 13.3. The second kappa shape index (κ2) is 13.5. The Morgan fingerprint density at radius 1 is 0.786 bits per heavy atom. The highest BCUT2D eigenvalue weighted by molar-refractivity contribution is 6.30. The van der Waals surface area contributed by atoms with Crippen molar-refractivity contribution in [3.8, 4) is 17.2 Å². The molecule has 7 nitrogen and oxygen atoms in total. The molecule has 5 aromatic rings. The number of hydrogen-bond acceptors (Lipinski definition) is 6. The second-order valence-corrected chi connectivity index (χ2v) is 9.62. The van der Waals surface area contributed by atoms with Crippen LogP contribution in [0.1, 0.15) is 38.8 Å². The molecule has 0 aliphatic rings. The monoisotopic (exact) mass is 578 g/mol. The van der Waals surface area contributed by atoms with E-state index in [1.807, 2.05) is 49.4 Å². The molecule has 0 fully saturated rings. The summed E-state index contributed by atoms with van der Waals surface area (Å²) in [6.07, 6.45) is 1.48. The van der Waals surface area contributed by atoms with Gasteiger partial charge in [-0.2, -0.15) is 5.10 Å². The van der Waals surface area contributed by atoms with Gasteiger partial charge in [0.05, 0.1) is 18.4 Å². The summed E-state index contributed by atoms with van der Waals surface area (Å²) in [6, 6.07) is 32.1. The van der Waals surface area contributed by atoms with Gasteiger partial charge in [-0.3, -0.25) is 4.79 Å². The predicted octanol–water partition coefficient (Wildman–Crippen LogP) is 7.45. The highest BCUT2D eigenvalue weighted by atomic mass is 35.5. The number of benzene rings is 5. The molecule has 0 heterocycles. The van der Waals surface area contributed by atoms with Gasteiger partial charge < -0.3 is 14.2 Å². The zero-order valence-electron chi connectivity index (χ0n) is 22.8. The number of ether oxygens (including phenoxy) is 3. The van der Waals surface area contributed by atoms with E-state index in [9.17, 15) is 9.59 Å². The van der Waals surface area contributed by atoms with Gasteiger partial charge in [-0.1, -0.05) is 54.1 Å². The second-order valence-electron chi connectivity index (χ2n) is 9.18. The van der Waals surface area contributed by atoms with E-state index < -0.39 is 11.9 Å². The molecule has 5 rings (SSSR count). The molecule has 210 valence electrons. The van der Waals surface area contributed by atoms with Crippen LogP contribution in [0, 0.1) is 0 Å². The van der Waals surface area contributed by atoms with Gasteiger partial charge in [-0.15, -0.1) is 0 Å². The zero-order chi connectivity index (χ0) is 29.3. The van der Waals surface area contributed by atoms with E-state index in [2.05, 4.69) is 10.5 Å². The van der Waals surface area contributed by atoms with Gasteiger partial charge in [0, 0.05) is 16.1 Å². The first-order chi connectivity index (χ1) is 20.5. The van der Waals surface area contributed by atoms with E-state index in [0.29, 0.717) is 52.2 Å². The van der Waals surface area contributed by atoms with Gasteiger partial charge in [0.2, 0.25) is 0 Å². The summed E-state index contributed by atoms with van der Waals surface area (Å²) in [4.78, 5) is 25.7. The van der Waals surface area contributed by atoms with Crippen molar-refractivity contribution < 1.29 is 23.8 Å². The van der Waals surface area contributed by atoms with Crippen molar-refractivity contribution in [1.82, 2.24) is 5.43 Å². The van der Waals surface area contributed by atoms with Crippen LogP contribution in [0.4, 0.5) is 0 Å². The largest absolute Gasteiger partial charge is 0.494 e. The molecule has 42 heavy (non-hydrogen) atoms. The van der Waals surface area contributed by atoms with Gasteiger partial charge in [-0.25, -0.2) is 10.2 Å². The summed E-state index contributed by atoms with van der Waals surface area (Å²) in [6.45, 7) is 2.80. The number of nitrogens with zero attached hydrogens (tertiary/aromatic N) is 1. The Kier molecular flexibility index (Phi) is 9.11. The third-order valence-electron chi connectivity index (χ3n) is 6.33. The van der Waals surface area contributed by atoms with E-state index in [1.165, 1.54) is 6.21 Å². The Morgan fingerprint density at radius 3 is 2.17 bits per heavy atom. The number of fused-ring (bicyclic) bond motifs is 1. The van der Waals surface area contributed by atoms with Gasteiger partial charge in [-0.05, 0) is 90.0 Å². The lowest BCUT2D eigenvalue weighted by Gasteiger charge is -2.11. The first kappa shape index (κ1) is 28.4. The molecular formula is C34H27ClN2O5. The van der Waals surface area contributed by atoms with Crippen LogP contribution in [0.3, 0.4) is 0 Å². The number of esters is 1. The molecule has 0 aromatic heterocycles. The molecule has 0 atom stereocenters. The third kappa shape index (κ3) is 7.13. The van der Waals surface area contributed by atoms with Crippen molar-refractivity contribution >= 4 is 40.5 Å². The van der Waals surface area contributed by atoms with Crippen LogP contribution in [0.2, 0.25) is 5.02 Å². The highest BCUT2D eigenvalue weighted by Gasteiger charge is 2.14. The van der Waals surface area contributed by atoms with Crippen molar-refractivity contribution in [1.29, 1.82) is 0 Å². The Morgan fingerprint density at radius 2 is 1.45 bits per heavy atom. The summed E-state index contributed by atoms with van der Waals surface area (Å²) in [5, 5.41) is 6.58. The number of carbonyl (C=O) groups is 2. The number of hydrogen-bond donors (Lipinski definition) is 1. The Hall–Kier alpha value is -5.14. The van der Waals surface area contributed by atoms with Crippen LogP contribution >= 0.6 is 11.6 Å². The zero-order valence-corrected chi connectivity index (χ0v) is 23.5. The third-order valence-corrected chi connectivity index (χ3v) is 6.58. The number of halogens is 1. The van der Waals surface area contributed by atoms with Crippen LogP contribution < -0.4 is 19.6 Å². The topological polar surface area (TPSA) is 86.2 Å². The lowest BCUT2D eigenvalue weighted by molar-refractivity contribution is 0.0734. The minimum atomic E-state index is -0.523. The van der Waals surface area contributed by atoms with Gasteiger partial charge >= 0.3 is 5.97 Å². The summed E-state index contributed by atoms with van der Waals surface area (Å²) >= 11 is 5.92. The van der Waals surface area contributed by atoms with Crippen molar-refractivity contribution in [2.24, 2.45) is 5.10 Å². The van der Waals surface area contributed by atoms with Gasteiger partial charge in [0.15, 0.2) is 0 Å². The number of rotatable bonds is 10. The van der Waals surface area contributed by atoms with Gasteiger partial charge in [0.25, 0.3) is 5.91 Å². The molecule has 0 aliphatic carbocycles. The average Bonchev–Trinajstić information content (AvgIpc) is 3.02. The fraction of sp³-hybridized carbons (Fsp3) is 0.0882. The highest BCUT2D eigenvalue weighted by Crippen LogP contribution is 2.28. The normalized spacial score (nSPS) is 10.9. The van der Waals surface area contributed by atoms with Crippen LogP contribution in [0.25, 0.3) is 10.8 Å². The van der Waals surface area contributed by atoms with E-state index in [-0.39, 0.29) is 0 Å². The smallest absolute Gasteiger partial charge is 0.343 e. The first-order valence-corrected chi connectivity index (χ1v) is 13.7. The van der Waals surface area contributed by atoms with Gasteiger partial charge in [0.1, 0.15) is 23.9 Å². The molecule has 5 aromatic carbocycles. The maximum absolute atomic E-state index is 12.9. The van der Waals surface area contributed by atoms with Crippen molar-refractivity contribution in [3.63, 3.8) is 0 Å². The molecule has 0 spiro atoms. The molecule has 0 unspecified atom stereocenters. The fourth-order valence-corrected chi connectivity index (χ4v) is 4.31. The molecule has 1 N–H and O–H groups in total. The quantitative estimate of drug-likeness (QED) is 0.0804. The number of carbonyl (C=O) groups excluding carboxylic acids is 2. The number of nitrogens with one attached hydrogen (secondary N) is 1. The molecule has 8 heteroatoms. The average molecular weight is 579 g/mol. The summed E-state index contributed by atoms with van der Waals surface area (Å²) in [5.41, 5.74) is 4.87. The van der Waals surface area contributed by atoms with E-state index in [4.69, 9.17) is 25.8 Å². The summed E-state index contributed by atoms with van der Waals surface area (Å²) in [5.74, 6) is 0.685. The molecule has 0 radical (unpaired) electrons. The van der Waals surface area contributed by atoms with Crippen molar-refractivity contribution in [2.45, 2.75) is 13.5 Å². The minimum Gasteiger partial charge on any atom is -0.494 e. The Labute approximate surface area is 248 Å². The van der Waals surface area contributed by atoms with Crippen LogP contribution in [-0.2, 0) is 6.61 Å². The number of amides is 1. The molecule has 0 aliphatic heterocycles. The minimum absolute atomic E-state index is 0.313. The number of hydrazone groups is 1. The molecule has 0 bridgehead atoms. The van der Waals surface area contributed by atoms with Crippen LogP contribution in [-0.4, -0.2) is 24.7 Å². The molecule has 0 saturated heterocycles. The fourth-order valence-electron chi connectivity index (χ4n) is 4.18.